The van der Waals surface area contributed by atoms with Crippen molar-refractivity contribution in [2.24, 2.45) is 0 Å². The lowest BCUT2D eigenvalue weighted by atomic mass is 10.0. The molecule has 0 aliphatic heterocycles. The zero-order valence-electron chi connectivity index (χ0n) is 11.4. The molecule has 1 unspecified atom stereocenters. The Bertz CT molecular complexity index is 596. The summed E-state index contributed by atoms with van der Waals surface area (Å²) in [7, 11) is 0. The number of alkyl halides is 3. The zero-order chi connectivity index (χ0) is 15.5. The Hall–Kier alpha value is -1.49. The first-order valence-electron chi connectivity index (χ1n) is 6.53. The molecule has 2 aromatic rings. The Labute approximate surface area is 130 Å². The number of rotatable bonds is 4. The molecule has 5 heteroatoms. The van der Waals surface area contributed by atoms with Crippen LogP contribution in [0.4, 0.5) is 18.9 Å². The molecule has 21 heavy (non-hydrogen) atoms. The SMILES string of the molecule is CC(CNc1ccc(Br)c(C(F)(F)F)c1)c1ccccc1. The smallest absolute Gasteiger partial charge is 0.384 e. The second-order valence-corrected chi connectivity index (χ2v) is 5.74. The molecule has 0 aromatic heterocycles. The number of nitrogens with one attached hydrogen (secondary N) is 1. The Morgan fingerprint density at radius 2 is 1.76 bits per heavy atom. The minimum absolute atomic E-state index is 0.0525. The van der Waals surface area contributed by atoms with Gasteiger partial charge in [0, 0.05) is 16.7 Å². The fraction of sp³-hybridized carbons (Fsp3) is 0.250. The number of halogens is 4. The Morgan fingerprint density at radius 1 is 1.10 bits per heavy atom. The van der Waals surface area contributed by atoms with Crippen LogP contribution in [0.15, 0.2) is 53.0 Å². The van der Waals surface area contributed by atoms with Crippen molar-refractivity contribution in [3.63, 3.8) is 0 Å². The lowest BCUT2D eigenvalue weighted by Gasteiger charge is -2.16. The van der Waals surface area contributed by atoms with Crippen LogP contribution in [-0.4, -0.2) is 6.54 Å². The predicted octanol–water partition coefficient (Wildman–Crippen LogP) is 5.68. The maximum Gasteiger partial charge on any atom is 0.417 e. The molecule has 1 N–H and O–H groups in total. The van der Waals surface area contributed by atoms with Crippen LogP contribution in [0.5, 0.6) is 0 Å². The average Bonchev–Trinajstić information content (AvgIpc) is 2.45. The van der Waals surface area contributed by atoms with Gasteiger partial charge in [-0.05, 0) is 29.7 Å². The van der Waals surface area contributed by atoms with Crippen molar-refractivity contribution in [1.29, 1.82) is 0 Å². The molecule has 0 aliphatic rings. The number of anilines is 1. The van der Waals surface area contributed by atoms with E-state index in [0.717, 1.165) is 11.6 Å². The highest BCUT2D eigenvalue weighted by molar-refractivity contribution is 9.10. The first-order chi connectivity index (χ1) is 9.88. The topological polar surface area (TPSA) is 12.0 Å². The van der Waals surface area contributed by atoms with Crippen LogP contribution in [0, 0.1) is 0 Å². The van der Waals surface area contributed by atoms with Gasteiger partial charge < -0.3 is 5.32 Å². The van der Waals surface area contributed by atoms with E-state index in [2.05, 4.69) is 21.2 Å². The summed E-state index contributed by atoms with van der Waals surface area (Å²) in [6, 6.07) is 14.0. The minimum atomic E-state index is -4.36. The van der Waals surface area contributed by atoms with Gasteiger partial charge in [-0.2, -0.15) is 13.2 Å². The van der Waals surface area contributed by atoms with Crippen LogP contribution in [0.1, 0.15) is 24.0 Å². The number of benzene rings is 2. The molecule has 1 atom stereocenters. The molecule has 0 spiro atoms. The summed E-state index contributed by atoms with van der Waals surface area (Å²) >= 11 is 2.94. The van der Waals surface area contributed by atoms with Gasteiger partial charge in [-0.15, -0.1) is 0 Å². The fourth-order valence-corrected chi connectivity index (χ4v) is 2.49. The van der Waals surface area contributed by atoms with Crippen LogP contribution >= 0.6 is 15.9 Å². The zero-order valence-corrected chi connectivity index (χ0v) is 13.0. The van der Waals surface area contributed by atoms with Gasteiger partial charge in [-0.25, -0.2) is 0 Å². The number of hydrogen-bond donors (Lipinski definition) is 1. The minimum Gasteiger partial charge on any atom is -0.384 e. The Balaban J connectivity index is 2.07. The first-order valence-corrected chi connectivity index (χ1v) is 7.33. The first kappa shape index (κ1) is 15.9. The van der Waals surface area contributed by atoms with Gasteiger partial charge in [0.25, 0.3) is 0 Å². The molecule has 112 valence electrons. The molecular weight excluding hydrogens is 343 g/mol. The molecule has 0 aliphatic carbocycles. The third-order valence-electron chi connectivity index (χ3n) is 3.25. The summed E-state index contributed by atoms with van der Waals surface area (Å²) in [5.74, 6) is 0.212. The lowest BCUT2D eigenvalue weighted by molar-refractivity contribution is -0.138. The standard InChI is InChI=1S/C16H15BrF3N/c1-11(12-5-3-2-4-6-12)10-21-13-7-8-15(17)14(9-13)16(18,19)20/h2-9,11,21H,10H2,1H3. The van der Waals surface area contributed by atoms with E-state index < -0.39 is 11.7 Å². The molecule has 1 nitrogen and oxygen atoms in total. The van der Waals surface area contributed by atoms with Crippen molar-refractivity contribution in [1.82, 2.24) is 0 Å². The van der Waals surface area contributed by atoms with E-state index >= 15 is 0 Å². The van der Waals surface area contributed by atoms with Crippen molar-refractivity contribution in [2.45, 2.75) is 19.0 Å². The molecule has 0 heterocycles. The lowest BCUT2D eigenvalue weighted by Crippen LogP contribution is -2.11. The maximum absolute atomic E-state index is 12.8. The molecular formula is C16H15BrF3N. The van der Waals surface area contributed by atoms with Crippen LogP contribution in [-0.2, 0) is 6.18 Å². The summed E-state index contributed by atoms with van der Waals surface area (Å²) in [4.78, 5) is 0. The van der Waals surface area contributed by atoms with E-state index in [9.17, 15) is 13.2 Å². The summed E-state index contributed by atoms with van der Waals surface area (Å²) in [5.41, 5.74) is 0.950. The van der Waals surface area contributed by atoms with Crippen LogP contribution in [0.2, 0.25) is 0 Å². The van der Waals surface area contributed by atoms with Gasteiger partial charge in [0.1, 0.15) is 0 Å². The highest BCUT2D eigenvalue weighted by Gasteiger charge is 2.33. The van der Waals surface area contributed by atoms with E-state index in [4.69, 9.17) is 0 Å². The van der Waals surface area contributed by atoms with Crippen LogP contribution in [0.3, 0.4) is 0 Å². The van der Waals surface area contributed by atoms with Crippen LogP contribution < -0.4 is 5.32 Å². The summed E-state index contributed by atoms with van der Waals surface area (Å²) in [6.07, 6.45) is -4.36. The molecule has 0 amide bonds. The highest BCUT2D eigenvalue weighted by Crippen LogP contribution is 2.36. The number of hydrogen-bond acceptors (Lipinski definition) is 1. The van der Waals surface area contributed by atoms with Crippen molar-refractivity contribution in [3.05, 3.63) is 64.1 Å². The Morgan fingerprint density at radius 3 is 2.38 bits per heavy atom. The maximum atomic E-state index is 12.8. The van der Waals surface area contributed by atoms with E-state index in [1.54, 1.807) is 6.07 Å². The average molecular weight is 358 g/mol. The van der Waals surface area contributed by atoms with Gasteiger partial charge in [0.2, 0.25) is 0 Å². The van der Waals surface area contributed by atoms with Gasteiger partial charge >= 0.3 is 6.18 Å². The third kappa shape index (κ3) is 4.24. The van der Waals surface area contributed by atoms with Crippen molar-refractivity contribution in [2.75, 3.05) is 11.9 Å². The van der Waals surface area contributed by atoms with Crippen molar-refractivity contribution in [3.8, 4) is 0 Å². The third-order valence-corrected chi connectivity index (χ3v) is 3.94. The van der Waals surface area contributed by atoms with Gasteiger partial charge in [0.05, 0.1) is 5.56 Å². The fourth-order valence-electron chi connectivity index (χ4n) is 2.02. The van der Waals surface area contributed by atoms with Gasteiger partial charge in [-0.1, -0.05) is 53.2 Å². The van der Waals surface area contributed by atoms with E-state index in [-0.39, 0.29) is 10.4 Å². The van der Waals surface area contributed by atoms with E-state index in [1.165, 1.54) is 6.07 Å². The van der Waals surface area contributed by atoms with Crippen molar-refractivity contribution >= 4 is 21.6 Å². The molecule has 0 bridgehead atoms. The van der Waals surface area contributed by atoms with Crippen molar-refractivity contribution < 1.29 is 13.2 Å². The molecule has 0 saturated carbocycles. The molecule has 0 radical (unpaired) electrons. The summed E-state index contributed by atoms with van der Waals surface area (Å²) < 4.78 is 38.6. The van der Waals surface area contributed by atoms with E-state index in [0.29, 0.717) is 12.2 Å². The summed E-state index contributed by atoms with van der Waals surface area (Å²) in [5, 5.41) is 3.06. The molecule has 0 fully saturated rings. The predicted molar refractivity (Wildman–Crippen MR) is 82.5 cm³/mol. The monoisotopic (exact) mass is 357 g/mol. The summed E-state index contributed by atoms with van der Waals surface area (Å²) in [6.45, 7) is 2.61. The molecule has 0 saturated heterocycles. The Kier molecular flexibility index (Phi) is 4.93. The van der Waals surface area contributed by atoms with Gasteiger partial charge in [-0.3, -0.25) is 0 Å². The molecule has 2 rings (SSSR count). The highest BCUT2D eigenvalue weighted by atomic mass is 79.9. The normalized spacial score (nSPS) is 13.0. The van der Waals surface area contributed by atoms with E-state index in [1.807, 2.05) is 37.3 Å². The second-order valence-electron chi connectivity index (χ2n) is 4.89. The largest absolute Gasteiger partial charge is 0.417 e. The molecule has 2 aromatic carbocycles. The second kappa shape index (κ2) is 6.52. The van der Waals surface area contributed by atoms with Gasteiger partial charge in [0.15, 0.2) is 0 Å². The quantitative estimate of drug-likeness (QED) is 0.741. The van der Waals surface area contributed by atoms with Crippen LogP contribution in [0.25, 0.3) is 0 Å².